The van der Waals surface area contributed by atoms with Crippen molar-refractivity contribution in [3.8, 4) is 0 Å². The number of nitrogens with two attached hydrogens (primary N) is 1. The topological polar surface area (TPSA) is 87.9 Å². The molecule has 3 N–H and O–H groups in total. The number of halogens is 2. The lowest BCUT2D eigenvalue weighted by atomic mass is 10.0. The molecule has 2 aliphatic rings. The van der Waals surface area contributed by atoms with Gasteiger partial charge in [0, 0.05) is 51.7 Å². The van der Waals surface area contributed by atoms with Gasteiger partial charge >= 0.3 is 0 Å². The highest BCUT2D eigenvalue weighted by Gasteiger charge is 2.34. The number of carbonyl (C=O) groups is 2. The van der Waals surface area contributed by atoms with Crippen molar-refractivity contribution in [2.75, 3.05) is 52.5 Å². The summed E-state index contributed by atoms with van der Waals surface area (Å²) in [5.41, 5.74) is 5.75. The van der Waals surface area contributed by atoms with E-state index < -0.39 is 0 Å². The van der Waals surface area contributed by atoms with Crippen LogP contribution in [0.5, 0.6) is 0 Å². The van der Waals surface area contributed by atoms with Crippen molar-refractivity contribution in [1.29, 1.82) is 0 Å². The van der Waals surface area contributed by atoms with Crippen LogP contribution >= 0.6 is 24.8 Å². The zero-order valence-electron chi connectivity index (χ0n) is 15.8. The highest BCUT2D eigenvalue weighted by atomic mass is 35.5. The third kappa shape index (κ3) is 7.96. The molecule has 2 aliphatic heterocycles. The van der Waals surface area contributed by atoms with Crippen LogP contribution in [0, 0.1) is 11.8 Å². The summed E-state index contributed by atoms with van der Waals surface area (Å²) in [6.07, 6.45) is 1.18. The molecule has 9 heteroatoms. The number of morpholine rings is 1. The fourth-order valence-electron chi connectivity index (χ4n) is 3.35. The van der Waals surface area contributed by atoms with Crippen molar-refractivity contribution in [2.24, 2.45) is 17.6 Å². The van der Waals surface area contributed by atoms with Crippen LogP contribution in [-0.4, -0.2) is 80.1 Å². The molecule has 154 valence electrons. The lowest BCUT2D eigenvalue weighted by molar-refractivity contribution is -0.129. The number of rotatable bonds is 8. The SMILES string of the molecule is CC(C)CC(CN)NC(=O)C1CC(=O)N(CCN2CCOCC2)C1.Cl.Cl. The molecule has 0 aromatic carbocycles. The molecule has 26 heavy (non-hydrogen) atoms. The summed E-state index contributed by atoms with van der Waals surface area (Å²) in [6, 6.07) is -0.00463. The minimum Gasteiger partial charge on any atom is -0.379 e. The number of hydrogen-bond donors (Lipinski definition) is 2. The molecule has 0 aromatic rings. The van der Waals surface area contributed by atoms with Gasteiger partial charge in [-0.05, 0) is 12.3 Å². The zero-order valence-corrected chi connectivity index (χ0v) is 17.4. The second-order valence-corrected chi connectivity index (χ2v) is 7.27. The Morgan fingerprint density at radius 3 is 2.50 bits per heavy atom. The van der Waals surface area contributed by atoms with E-state index >= 15 is 0 Å². The normalized spacial score (nSPS) is 21.9. The number of carbonyl (C=O) groups excluding carboxylic acids is 2. The maximum atomic E-state index is 12.4. The van der Waals surface area contributed by atoms with Gasteiger partial charge in [0.1, 0.15) is 0 Å². The molecule has 0 saturated carbocycles. The van der Waals surface area contributed by atoms with Crippen LogP contribution in [0.4, 0.5) is 0 Å². The molecule has 0 aliphatic carbocycles. The van der Waals surface area contributed by atoms with Crippen molar-refractivity contribution in [1.82, 2.24) is 15.1 Å². The van der Waals surface area contributed by atoms with Gasteiger partial charge in [0.05, 0.1) is 19.1 Å². The molecule has 2 atom stereocenters. The summed E-state index contributed by atoms with van der Waals surface area (Å²) in [7, 11) is 0. The van der Waals surface area contributed by atoms with Gasteiger partial charge in [0.15, 0.2) is 0 Å². The second-order valence-electron chi connectivity index (χ2n) is 7.27. The Kier molecular flexibility index (Phi) is 12.4. The average Bonchev–Trinajstić information content (AvgIpc) is 2.94. The minimum atomic E-state index is -0.247. The summed E-state index contributed by atoms with van der Waals surface area (Å²) in [5.74, 6) is 0.280. The van der Waals surface area contributed by atoms with Crippen molar-refractivity contribution in [3.05, 3.63) is 0 Å². The number of ether oxygens (including phenoxy) is 1. The first-order valence-corrected chi connectivity index (χ1v) is 9.08. The quantitative estimate of drug-likeness (QED) is 0.605. The van der Waals surface area contributed by atoms with E-state index in [4.69, 9.17) is 10.5 Å². The Balaban J connectivity index is 0.00000312. The predicted molar refractivity (Wildman–Crippen MR) is 107 cm³/mol. The van der Waals surface area contributed by atoms with E-state index in [1.807, 2.05) is 4.90 Å². The monoisotopic (exact) mass is 412 g/mol. The van der Waals surface area contributed by atoms with Crippen LogP contribution in [0.3, 0.4) is 0 Å². The van der Waals surface area contributed by atoms with Crippen molar-refractivity contribution in [2.45, 2.75) is 32.7 Å². The number of likely N-dealkylation sites (tertiary alicyclic amines) is 1. The van der Waals surface area contributed by atoms with E-state index in [0.29, 0.717) is 32.0 Å². The van der Waals surface area contributed by atoms with Crippen molar-refractivity contribution < 1.29 is 14.3 Å². The van der Waals surface area contributed by atoms with Gasteiger partial charge < -0.3 is 20.7 Å². The molecular formula is C17H34Cl2N4O3. The maximum absolute atomic E-state index is 12.4. The fraction of sp³-hybridized carbons (Fsp3) is 0.882. The Labute approximate surface area is 169 Å². The van der Waals surface area contributed by atoms with Gasteiger partial charge in [-0.2, -0.15) is 0 Å². The van der Waals surface area contributed by atoms with Crippen LogP contribution in [0.2, 0.25) is 0 Å². The molecular weight excluding hydrogens is 379 g/mol. The van der Waals surface area contributed by atoms with Gasteiger partial charge in [-0.3, -0.25) is 14.5 Å². The lowest BCUT2D eigenvalue weighted by Gasteiger charge is -2.28. The number of amides is 2. The Morgan fingerprint density at radius 1 is 1.27 bits per heavy atom. The van der Waals surface area contributed by atoms with E-state index in [-0.39, 0.29) is 48.6 Å². The third-order valence-corrected chi connectivity index (χ3v) is 4.76. The smallest absolute Gasteiger partial charge is 0.225 e. The molecule has 2 fully saturated rings. The Morgan fingerprint density at radius 2 is 1.92 bits per heavy atom. The first kappa shape index (κ1) is 25.4. The van der Waals surface area contributed by atoms with E-state index in [2.05, 4.69) is 24.1 Å². The summed E-state index contributed by atoms with van der Waals surface area (Å²) in [5, 5.41) is 3.02. The summed E-state index contributed by atoms with van der Waals surface area (Å²) in [4.78, 5) is 28.7. The molecule has 0 aromatic heterocycles. The molecule has 2 saturated heterocycles. The van der Waals surface area contributed by atoms with Gasteiger partial charge in [-0.1, -0.05) is 13.8 Å². The third-order valence-electron chi connectivity index (χ3n) is 4.76. The first-order valence-electron chi connectivity index (χ1n) is 9.08. The average molecular weight is 413 g/mol. The van der Waals surface area contributed by atoms with E-state index in [9.17, 15) is 9.59 Å². The Hall–Kier alpha value is -0.600. The van der Waals surface area contributed by atoms with Crippen molar-refractivity contribution >= 4 is 36.6 Å². The molecule has 0 bridgehead atoms. The molecule has 2 rings (SSSR count). The lowest BCUT2D eigenvalue weighted by Crippen LogP contribution is -2.45. The Bertz CT molecular complexity index is 434. The van der Waals surface area contributed by atoms with Crippen LogP contribution in [0.1, 0.15) is 26.7 Å². The highest BCUT2D eigenvalue weighted by molar-refractivity contribution is 5.89. The van der Waals surface area contributed by atoms with Crippen LogP contribution < -0.4 is 11.1 Å². The largest absolute Gasteiger partial charge is 0.379 e. The molecule has 2 amide bonds. The van der Waals surface area contributed by atoms with Gasteiger partial charge in [0.2, 0.25) is 11.8 Å². The minimum absolute atomic E-state index is 0. The van der Waals surface area contributed by atoms with Gasteiger partial charge in [-0.15, -0.1) is 24.8 Å². The van der Waals surface area contributed by atoms with E-state index in [1.54, 1.807) is 0 Å². The van der Waals surface area contributed by atoms with Crippen LogP contribution in [0.25, 0.3) is 0 Å². The fourth-order valence-corrected chi connectivity index (χ4v) is 3.35. The van der Waals surface area contributed by atoms with Gasteiger partial charge in [0.25, 0.3) is 0 Å². The van der Waals surface area contributed by atoms with Crippen molar-refractivity contribution in [3.63, 3.8) is 0 Å². The van der Waals surface area contributed by atoms with E-state index in [0.717, 1.165) is 39.3 Å². The number of nitrogens with one attached hydrogen (secondary N) is 1. The molecule has 2 unspecified atom stereocenters. The van der Waals surface area contributed by atoms with Crippen LogP contribution in [-0.2, 0) is 14.3 Å². The van der Waals surface area contributed by atoms with Gasteiger partial charge in [-0.25, -0.2) is 0 Å². The molecule has 0 radical (unpaired) electrons. The summed E-state index contributed by atoms with van der Waals surface area (Å²) < 4.78 is 5.33. The maximum Gasteiger partial charge on any atom is 0.225 e. The predicted octanol–water partition coefficient (Wildman–Crippen LogP) is 0.500. The second kappa shape index (κ2) is 12.7. The highest BCUT2D eigenvalue weighted by Crippen LogP contribution is 2.18. The number of hydrogen-bond acceptors (Lipinski definition) is 5. The first-order chi connectivity index (χ1) is 11.5. The summed E-state index contributed by atoms with van der Waals surface area (Å²) >= 11 is 0. The number of nitrogens with zero attached hydrogens (tertiary/aromatic N) is 2. The standard InChI is InChI=1S/C17H32N4O3.2ClH/c1-13(2)9-15(11-18)19-17(23)14-10-16(22)21(12-14)4-3-20-5-7-24-8-6-20;;/h13-15H,3-12,18H2,1-2H3,(H,19,23);2*1H. The molecule has 0 spiro atoms. The zero-order chi connectivity index (χ0) is 17.5. The van der Waals surface area contributed by atoms with E-state index in [1.165, 1.54) is 0 Å². The van der Waals surface area contributed by atoms with Crippen LogP contribution in [0.15, 0.2) is 0 Å². The molecule has 2 heterocycles. The molecule has 7 nitrogen and oxygen atoms in total. The summed E-state index contributed by atoms with van der Waals surface area (Å²) in [6.45, 7) is 10.1.